The number of thiophene rings is 1. The lowest BCUT2D eigenvalue weighted by atomic mass is 10.0. The van der Waals surface area contributed by atoms with E-state index in [-0.39, 0.29) is 23.3 Å². The van der Waals surface area contributed by atoms with Gasteiger partial charge in [-0.25, -0.2) is 4.98 Å². The predicted molar refractivity (Wildman–Crippen MR) is 123 cm³/mol. The van der Waals surface area contributed by atoms with Gasteiger partial charge < -0.3 is 5.32 Å². The molecule has 2 heterocycles. The lowest BCUT2D eigenvalue weighted by Gasteiger charge is -2.17. The number of rotatable bonds is 6. The maximum atomic E-state index is 13.1. The molecule has 0 radical (unpaired) electrons. The van der Waals surface area contributed by atoms with E-state index in [1.165, 1.54) is 34.2 Å². The van der Waals surface area contributed by atoms with Crippen molar-refractivity contribution in [1.29, 1.82) is 0 Å². The third-order valence-corrected chi connectivity index (χ3v) is 7.22. The molecule has 0 fully saturated rings. The molecule has 1 N–H and O–H groups in total. The SMILES string of the molecule is Cc1ccc(-c2csc3nc(SCC(=O)NC(C)C(C)C)n(C)c(=O)c23)cc1C. The topological polar surface area (TPSA) is 64.0 Å². The van der Waals surface area contributed by atoms with Gasteiger partial charge in [-0.05, 0) is 43.4 Å². The van der Waals surface area contributed by atoms with E-state index in [4.69, 9.17) is 0 Å². The molecule has 0 aliphatic carbocycles. The number of nitrogens with zero attached hydrogens (tertiary/aromatic N) is 2. The molecule has 2 aromatic heterocycles. The van der Waals surface area contributed by atoms with Crippen LogP contribution < -0.4 is 10.9 Å². The molecule has 1 aromatic carbocycles. The van der Waals surface area contributed by atoms with E-state index in [9.17, 15) is 9.59 Å². The second-order valence-electron chi connectivity index (χ2n) is 7.78. The molecule has 1 atom stereocenters. The molecule has 0 spiro atoms. The van der Waals surface area contributed by atoms with Gasteiger partial charge >= 0.3 is 0 Å². The van der Waals surface area contributed by atoms with Gasteiger partial charge in [0.15, 0.2) is 5.16 Å². The number of carbonyl (C=O) groups excluding carboxylic acids is 1. The Kier molecular flexibility index (Phi) is 6.49. The summed E-state index contributed by atoms with van der Waals surface area (Å²) in [4.78, 5) is 30.7. The molecule has 0 bridgehead atoms. The summed E-state index contributed by atoms with van der Waals surface area (Å²) in [6, 6.07) is 6.35. The summed E-state index contributed by atoms with van der Waals surface area (Å²) in [5.41, 5.74) is 4.29. The average Bonchev–Trinajstić information content (AvgIpc) is 3.09. The van der Waals surface area contributed by atoms with Crippen LogP contribution >= 0.6 is 23.1 Å². The fourth-order valence-electron chi connectivity index (χ4n) is 2.90. The van der Waals surface area contributed by atoms with Crippen LogP contribution in [0.3, 0.4) is 0 Å². The van der Waals surface area contributed by atoms with Gasteiger partial charge in [0.2, 0.25) is 5.91 Å². The minimum Gasteiger partial charge on any atom is -0.353 e. The first kappa shape index (κ1) is 21.6. The number of carbonyl (C=O) groups is 1. The molecule has 3 aromatic rings. The van der Waals surface area contributed by atoms with Crippen LogP contribution in [-0.4, -0.2) is 27.3 Å². The summed E-state index contributed by atoms with van der Waals surface area (Å²) in [5, 5.41) is 6.18. The average molecular weight is 430 g/mol. The van der Waals surface area contributed by atoms with Crippen molar-refractivity contribution in [1.82, 2.24) is 14.9 Å². The lowest BCUT2D eigenvalue weighted by molar-refractivity contribution is -0.119. The lowest BCUT2D eigenvalue weighted by Crippen LogP contribution is -2.37. The van der Waals surface area contributed by atoms with Gasteiger partial charge in [0.05, 0.1) is 11.1 Å². The van der Waals surface area contributed by atoms with Gasteiger partial charge in [-0.2, -0.15) is 0 Å². The number of hydrogen-bond donors (Lipinski definition) is 1. The largest absolute Gasteiger partial charge is 0.353 e. The smallest absolute Gasteiger partial charge is 0.263 e. The maximum absolute atomic E-state index is 13.1. The van der Waals surface area contributed by atoms with Crippen molar-refractivity contribution in [2.45, 2.75) is 45.8 Å². The van der Waals surface area contributed by atoms with Crippen molar-refractivity contribution >= 4 is 39.2 Å². The molecule has 29 heavy (non-hydrogen) atoms. The molecule has 5 nitrogen and oxygen atoms in total. The second-order valence-corrected chi connectivity index (χ2v) is 9.58. The summed E-state index contributed by atoms with van der Waals surface area (Å²) in [7, 11) is 1.72. The summed E-state index contributed by atoms with van der Waals surface area (Å²) in [6.07, 6.45) is 0. The standard InChI is InChI=1S/C22H27N3O2S2/c1-12(2)15(5)23-18(26)11-29-22-24-20-19(21(27)25(22)6)17(10-28-20)16-8-7-13(3)14(4)9-16/h7-10,12,15H,11H2,1-6H3,(H,23,26). The van der Waals surface area contributed by atoms with Crippen molar-refractivity contribution in [3.8, 4) is 11.1 Å². The minimum atomic E-state index is -0.0806. The van der Waals surface area contributed by atoms with Gasteiger partial charge in [-0.15, -0.1) is 11.3 Å². The fourth-order valence-corrected chi connectivity index (χ4v) is 4.67. The number of fused-ring (bicyclic) bond motifs is 1. The monoisotopic (exact) mass is 429 g/mol. The molecule has 7 heteroatoms. The Hall–Kier alpha value is -2.12. The normalized spacial score (nSPS) is 12.5. The highest BCUT2D eigenvalue weighted by Gasteiger charge is 2.17. The van der Waals surface area contributed by atoms with Crippen molar-refractivity contribution in [2.24, 2.45) is 13.0 Å². The van der Waals surface area contributed by atoms with Crippen LogP contribution in [0, 0.1) is 19.8 Å². The van der Waals surface area contributed by atoms with E-state index >= 15 is 0 Å². The third kappa shape index (κ3) is 4.56. The highest BCUT2D eigenvalue weighted by atomic mass is 32.2. The van der Waals surface area contributed by atoms with Gasteiger partial charge in [0.25, 0.3) is 5.56 Å². The number of amides is 1. The van der Waals surface area contributed by atoms with Gasteiger partial charge in [-0.3, -0.25) is 14.2 Å². The molecule has 0 aliphatic rings. The first-order chi connectivity index (χ1) is 13.7. The van der Waals surface area contributed by atoms with E-state index in [0.717, 1.165) is 11.1 Å². The molecule has 1 unspecified atom stereocenters. The number of thioether (sulfide) groups is 1. The highest BCUT2D eigenvalue weighted by Crippen LogP contribution is 2.32. The molecule has 0 aliphatic heterocycles. The first-order valence-corrected chi connectivity index (χ1v) is 11.5. The van der Waals surface area contributed by atoms with Crippen LogP contribution in [0.2, 0.25) is 0 Å². The summed E-state index contributed by atoms with van der Waals surface area (Å²) < 4.78 is 1.55. The van der Waals surface area contributed by atoms with Gasteiger partial charge in [0.1, 0.15) is 4.83 Å². The Morgan fingerprint density at radius 3 is 2.62 bits per heavy atom. The van der Waals surface area contributed by atoms with E-state index in [1.807, 2.05) is 18.4 Å². The first-order valence-electron chi connectivity index (χ1n) is 9.67. The van der Waals surface area contributed by atoms with Crippen molar-refractivity contribution in [3.63, 3.8) is 0 Å². The van der Waals surface area contributed by atoms with Crippen molar-refractivity contribution in [2.75, 3.05) is 5.75 Å². The van der Waals surface area contributed by atoms with Crippen LogP contribution in [0.15, 0.2) is 33.5 Å². The van der Waals surface area contributed by atoms with Crippen LogP contribution in [0.4, 0.5) is 0 Å². The Labute approximate surface area is 179 Å². The van der Waals surface area contributed by atoms with Crippen LogP contribution in [0.1, 0.15) is 31.9 Å². The number of hydrogen-bond acceptors (Lipinski definition) is 5. The quantitative estimate of drug-likeness (QED) is 0.462. The maximum Gasteiger partial charge on any atom is 0.263 e. The summed E-state index contributed by atoms with van der Waals surface area (Å²) in [5.74, 6) is 0.559. The predicted octanol–water partition coefficient (Wildman–Crippen LogP) is 4.53. The van der Waals surface area contributed by atoms with Gasteiger partial charge in [-0.1, -0.05) is 43.8 Å². The molecular weight excluding hydrogens is 402 g/mol. The molecule has 154 valence electrons. The van der Waals surface area contributed by atoms with Crippen molar-refractivity contribution < 1.29 is 4.79 Å². The van der Waals surface area contributed by atoms with Crippen LogP contribution in [0.5, 0.6) is 0 Å². The van der Waals surface area contributed by atoms with Crippen LogP contribution in [-0.2, 0) is 11.8 Å². The van der Waals surface area contributed by atoms with E-state index in [1.54, 1.807) is 11.6 Å². The Balaban J connectivity index is 1.89. The van der Waals surface area contributed by atoms with Crippen molar-refractivity contribution in [3.05, 3.63) is 45.1 Å². The zero-order valence-corrected chi connectivity index (χ0v) is 19.3. The number of benzene rings is 1. The molecule has 0 saturated carbocycles. The molecular formula is C22H27N3O2S2. The Morgan fingerprint density at radius 2 is 1.97 bits per heavy atom. The highest BCUT2D eigenvalue weighted by molar-refractivity contribution is 7.99. The van der Waals surface area contributed by atoms with E-state index in [2.05, 4.69) is 50.1 Å². The fraction of sp³-hybridized carbons (Fsp3) is 0.409. The zero-order chi connectivity index (χ0) is 21.3. The Bertz CT molecular complexity index is 1120. The number of aryl methyl sites for hydroxylation is 2. The summed E-state index contributed by atoms with van der Waals surface area (Å²) >= 11 is 2.76. The number of aromatic nitrogens is 2. The molecule has 1 amide bonds. The van der Waals surface area contributed by atoms with Gasteiger partial charge in [0, 0.05) is 24.0 Å². The minimum absolute atomic E-state index is 0.0486. The molecule has 3 rings (SSSR count). The van der Waals surface area contributed by atoms with Crippen LogP contribution in [0.25, 0.3) is 21.3 Å². The third-order valence-electron chi connectivity index (χ3n) is 5.31. The zero-order valence-electron chi connectivity index (χ0n) is 17.7. The summed E-state index contributed by atoms with van der Waals surface area (Å²) in [6.45, 7) is 10.3. The molecule has 0 saturated heterocycles. The van der Waals surface area contributed by atoms with E-state index < -0.39 is 0 Å². The van der Waals surface area contributed by atoms with E-state index in [0.29, 0.717) is 21.3 Å². The Morgan fingerprint density at radius 1 is 1.24 bits per heavy atom. The second kappa shape index (κ2) is 8.71. The number of nitrogens with one attached hydrogen (secondary N) is 1.